The molecular formula is C18H22N2O4. The Morgan fingerprint density at radius 2 is 2.17 bits per heavy atom. The lowest BCUT2D eigenvalue weighted by Crippen LogP contribution is -2.17. The average molecular weight is 330 g/mol. The number of ether oxygens (including phenoxy) is 2. The van der Waals surface area contributed by atoms with Crippen LogP contribution < -0.4 is 4.74 Å². The minimum Gasteiger partial charge on any atom is -0.426 e. The van der Waals surface area contributed by atoms with Gasteiger partial charge in [0.15, 0.2) is 0 Å². The number of esters is 1. The average Bonchev–Trinajstić information content (AvgIpc) is 3.27. The van der Waals surface area contributed by atoms with Gasteiger partial charge in [0.2, 0.25) is 5.82 Å². The van der Waals surface area contributed by atoms with Gasteiger partial charge in [-0.2, -0.15) is 4.98 Å². The van der Waals surface area contributed by atoms with Crippen molar-refractivity contribution in [2.45, 2.75) is 45.6 Å². The summed E-state index contributed by atoms with van der Waals surface area (Å²) < 4.78 is 16.2. The molecule has 1 aliphatic rings. The van der Waals surface area contributed by atoms with Crippen LogP contribution in [0.2, 0.25) is 0 Å². The van der Waals surface area contributed by atoms with E-state index in [1.807, 2.05) is 26.0 Å². The highest BCUT2D eigenvalue weighted by Crippen LogP contribution is 2.29. The highest BCUT2D eigenvalue weighted by atomic mass is 16.5. The molecule has 3 rings (SSSR count). The molecule has 2 atom stereocenters. The van der Waals surface area contributed by atoms with E-state index in [0.29, 0.717) is 17.5 Å². The van der Waals surface area contributed by atoms with E-state index < -0.39 is 0 Å². The molecule has 0 spiro atoms. The van der Waals surface area contributed by atoms with E-state index in [2.05, 4.69) is 10.1 Å². The molecule has 2 heterocycles. The first kappa shape index (κ1) is 16.6. The van der Waals surface area contributed by atoms with Crippen molar-refractivity contribution in [1.29, 1.82) is 0 Å². The maximum Gasteiger partial charge on any atom is 0.314 e. The lowest BCUT2D eigenvalue weighted by atomic mass is 10.1. The summed E-state index contributed by atoms with van der Waals surface area (Å²) in [5.41, 5.74) is 0.810. The van der Waals surface area contributed by atoms with E-state index in [0.717, 1.165) is 37.9 Å². The Hall–Kier alpha value is -2.21. The number of carbonyl (C=O) groups is 1. The number of aromatic nitrogens is 2. The fraction of sp³-hybridized carbons (Fsp3) is 0.500. The number of nitrogens with zero attached hydrogens (tertiary/aromatic N) is 2. The van der Waals surface area contributed by atoms with Gasteiger partial charge in [-0.05, 0) is 43.5 Å². The van der Waals surface area contributed by atoms with Gasteiger partial charge >= 0.3 is 5.97 Å². The zero-order valence-electron chi connectivity index (χ0n) is 14.0. The third-order valence-electron chi connectivity index (χ3n) is 4.10. The van der Waals surface area contributed by atoms with Gasteiger partial charge in [0.05, 0.1) is 5.92 Å². The minimum atomic E-state index is -0.204. The van der Waals surface area contributed by atoms with Crippen LogP contribution in [0.15, 0.2) is 28.8 Å². The molecule has 1 aromatic carbocycles. The van der Waals surface area contributed by atoms with Crippen molar-refractivity contribution in [3.63, 3.8) is 0 Å². The second-order valence-corrected chi connectivity index (χ2v) is 6.09. The molecule has 0 amide bonds. The first-order valence-corrected chi connectivity index (χ1v) is 8.44. The molecule has 0 radical (unpaired) electrons. The fourth-order valence-corrected chi connectivity index (χ4v) is 2.70. The molecule has 0 saturated carbocycles. The zero-order valence-corrected chi connectivity index (χ0v) is 14.0. The highest BCUT2D eigenvalue weighted by molar-refractivity contribution is 5.74. The van der Waals surface area contributed by atoms with E-state index in [1.54, 1.807) is 12.1 Å². The van der Waals surface area contributed by atoms with E-state index in [9.17, 15) is 4.79 Å². The van der Waals surface area contributed by atoms with Gasteiger partial charge in [0.1, 0.15) is 11.9 Å². The molecule has 6 nitrogen and oxygen atoms in total. The van der Waals surface area contributed by atoms with Crippen molar-refractivity contribution < 1.29 is 18.8 Å². The van der Waals surface area contributed by atoms with Gasteiger partial charge in [-0.1, -0.05) is 25.4 Å². The Morgan fingerprint density at radius 1 is 1.38 bits per heavy atom. The van der Waals surface area contributed by atoms with Gasteiger partial charge in [-0.3, -0.25) is 4.79 Å². The summed E-state index contributed by atoms with van der Waals surface area (Å²) in [6, 6.07) is 7.12. The molecule has 1 aromatic heterocycles. The largest absolute Gasteiger partial charge is 0.426 e. The molecule has 0 N–H and O–H groups in total. The molecule has 1 aliphatic heterocycles. The van der Waals surface area contributed by atoms with Gasteiger partial charge in [0, 0.05) is 12.2 Å². The third kappa shape index (κ3) is 3.82. The van der Waals surface area contributed by atoms with Crippen LogP contribution in [-0.2, 0) is 9.53 Å². The first-order valence-electron chi connectivity index (χ1n) is 8.44. The SMILES string of the molecule is CCC[C@@H](C)C(=O)Oc1ccc(-c2noc([C@H]3CCCO3)n2)cc1. The summed E-state index contributed by atoms with van der Waals surface area (Å²) >= 11 is 0. The van der Waals surface area contributed by atoms with Crippen molar-refractivity contribution >= 4 is 5.97 Å². The molecule has 24 heavy (non-hydrogen) atoms. The maximum atomic E-state index is 11.9. The van der Waals surface area contributed by atoms with Crippen molar-refractivity contribution in [3.8, 4) is 17.1 Å². The van der Waals surface area contributed by atoms with Crippen molar-refractivity contribution in [2.75, 3.05) is 6.61 Å². The van der Waals surface area contributed by atoms with E-state index >= 15 is 0 Å². The highest BCUT2D eigenvalue weighted by Gasteiger charge is 2.24. The van der Waals surface area contributed by atoms with E-state index in [1.165, 1.54) is 0 Å². The Balaban J connectivity index is 1.65. The van der Waals surface area contributed by atoms with Crippen molar-refractivity contribution in [2.24, 2.45) is 5.92 Å². The summed E-state index contributed by atoms with van der Waals surface area (Å²) in [7, 11) is 0. The molecule has 2 aromatic rings. The van der Waals surface area contributed by atoms with Gasteiger partial charge < -0.3 is 14.0 Å². The summed E-state index contributed by atoms with van der Waals surface area (Å²) in [5.74, 6) is 1.25. The quantitative estimate of drug-likeness (QED) is 0.590. The van der Waals surface area contributed by atoms with Crippen LogP contribution in [0.5, 0.6) is 5.75 Å². The number of hydrogen-bond donors (Lipinski definition) is 0. The molecular weight excluding hydrogens is 308 g/mol. The summed E-state index contributed by atoms with van der Waals surface area (Å²) in [5, 5.41) is 4.00. The molecule has 1 saturated heterocycles. The minimum absolute atomic E-state index is 0.0912. The molecule has 0 unspecified atom stereocenters. The standard InChI is InChI=1S/C18H22N2O4/c1-3-5-12(2)18(21)23-14-9-7-13(8-10-14)16-19-17(24-20-16)15-6-4-11-22-15/h7-10,12,15H,3-6,11H2,1-2H3/t12-,15-/m1/s1. The molecule has 6 heteroatoms. The lowest BCUT2D eigenvalue weighted by molar-refractivity contribution is -0.138. The van der Waals surface area contributed by atoms with E-state index in [4.69, 9.17) is 14.0 Å². The monoisotopic (exact) mass is 330 g/mol. The fourth-order valence-electron chi connectivity index (χ4n) is 2.70. The van der Waals surface area contributed by atoms with Gasteiger partial charge in [-0.15, -0.1) is 0 Å². The van der Waals surface area contributed by atoms with Crippen LogP contribution >= 0.6 is 0 Å². The summed E-state index contributed by atoms with van der Waals surface area (Å²) in [6.07, 6.45) is 3.61. The number of rotatable bonds is 6. The third-order valence-corrected chi connectivity index (χ3v) is 4.10. The Kier molecular flexibility index (Phi) is 5.25. The summed E-state index contributed by atoms with van der Waals surface area (Å²) in [4.78, 5) is 16.3. The number of hydrogen-bond acceptors (Lipinski definition) is 6. The predicted molar refractivity (Wildman–Crippen MR) is 87.4 cm³/mol. The first-order chi connectivity index (χ1) is 11.7. The smallest absolute Gasteiger partial charge is 0.314 e. The van der Waals surface area contributed by atoms with Crippen LogP contribution in [0.1, 0.15) is 51.5 Å². The molecule has 0 bridgehead atoms. The number of carbonyl (C=O) groups excluding carboxylic acids is 1. The van der Waals surface area contributed by atoms with Crippen LogP contribution in [0, 0.1) is 5.92 Å². The van der Waals surface area contributed by atoms with Crippen LogP contribution in [-0.4, -0.2) is 22.7 Å². The van der Waals surface area contributed by atoms with Crippen LogP contribution in [0.25, 0.3) is 11.4 Å². The van der Waals surface area contributed by atoms with Gasteiger partial charge in [-0.25, -0.2) is 0 Å². The lowest BCUT2D eigenvalue weighted by Gasteiger charge is -2.10. The number of benzene rings is 1. The van der Waals surface area contributed by atoms with Crippen LogP contribution in [0.3, 0.4) is 0 Å². The maximum absolute atomic E-state index is 11.9. The van der Waals surface area contributed by atoms with Crippen molar-refractivity contribution in [1.82, 2.24) is 10.1 Å². The topological polar surface area (TPSA) is 74.5 Å². The summed E-state index contributed by atoms with van der Waals surface area (Å²) in [6.45, 7) is 4.67. The normalized spacial score (nSPS) is 18.5. The molecule has 1 fully saturated rings. The Morgan fingerprint density at radius 3 is 2.83 bits per heavy atom. The Bertz CT molecular complexity index is 675. The van der Waals surface area contributed by atoms with Gasteiger partial charge in [0.25, 0.3) is 5.89 Å². The molecule has 0 aliphatic carbocycles. The molecule has 128 valence electrons. The Labute approximate surface area is 141 Å². The zero-order chi connectivity index (χ0) is 16.9. The van der Waals surface area contributed by atoms with Crippen LogP contribution in [0.4, 0.5) is 0 Å². The second kappa shape index (κ2) is 7.57. The second-order valence-electron chi connectivity index (χ2n) is 6.09. The van der Waals surface area contributed by atoms with Crippen molar-refractivity contribution in [3.05, 3.63) is 30.2 Å². The van der Waals surface area contributed by atoms with E-state index in [-0.39, 0.29) is 18.0 Å². The predicted octanol–water partition coefficient (Wildman–Crippen LogP) is 3.93.